The van der Waals surface area contributed by atoms with Crippen molar-refractivity contribution in [3.8, 4) is 5.75 Å². The van der Waals surface area contributed by atoms with Gasteiger partial charge in [0.2, 0.25) is 0 Å². The van der Waals surface area contributed by atoms with E-state index in [9.17, 15) is 14.7 Å². The average Bonchev–Trinajstić information content (AvgIpc) is 2.90. The van der Waals surface area contributed by atoms with Crippen LogP contribution in [0.3, 0.4) is 0 Å². The van der Waals surface area contributed by atoms with Gasteiger partial charge in [-0.1, -0.05) is 111 Å². The van der Waals surface area contributed by atoms with Crippen molar-refractivity contribution in [2.75, 3.05) is 11.4 Å². The number of anilines is 1. The van der Waals surface area contributed by atoms with Gasteiger partial charge in [0.25, 0.3) is 0 Å². The third-order valence-corrected chi connectivity index (χ3v) is 8.55. The molecule has 6 heteroatoms. The summed E-state index contributed by atoms with van der Waals surface area (Å²) in [5.41, 5.74) is 4.83. The van der Waals surface area contributed by atoms with Gasteiger partial charge in [0.15, 0.2) is 0 Å². The number of aryl methyl sites for hydroxylation is 4. The predicted molar refractivity (Wildman–Crippen MR) is 173 cm³/mol. The van der Waals surface area contributed by atoms with Gasteiger partial charge in [0.1, 0.15) is 5.75 Å². The van der Waals surface area contributed by atoms with Crippen LogP contribution in [0, 0.1) is 10.8 Å². The van der Waals surface area contributed by atoms with E-state index in [1.54, 1.807) is 4.90 Å². The van der Waals surface area contributed by atoms with Crippen LogP contribution in [-0.4, -0.2) is 29.9 Å². The molecule has 1 aliphatic carbocycles. The standard InChI is InChI=1S/C36H54N2O4/c1-8-14-26-18-12-19-27(15-9-2)31(26)38(34(40)41)30-22-35(5,6)24-36(7,23-30)25-37-33(39)42-32-28(16-10-3)20-13-21-29(32)17-11-4/h12-13,18-21,30H,8-11,14-17,22-25H2,1-7H3,(H,37,39)(H,40,41). The highest BCUT2D eigenvalue weighted by atomic mass is 16.6. The lowest BCUT2D eigenvalue weighted by Crippen LogP contribution is -2.52. The molecule has 2 aromatic rings. The van der Waals surface area contributed by atoms with Crippen molar-refractivity contribution >= 4 is 17.9 Å². The van der Waals surface area contributed by atoms with Crippen LogP contribution in [0.5, 0.6) is 5.75 Å². The Balaban J connectivity index is 1.87. The fourth-order valence-corrected chi connectivity index (χ4v) is 7.34. The molecule has 0 heterocycles. The number of para-hydroxylation sites is 2. The maximum atomic E-state index is 13.2. The van der Waals surface area contributed by atoms with Gasteiger partial charge in [-0.25, -0.2) is 9.59 Å². The fraction of sp³-hybridized carbons (Fsp3) is 0.611. The van der Waals surface area contributed by atoms with Crippen molar-refractivity contribution in [2.45, 2.75) is 125 Å². The number of ether oxygens (including phenoxy) is 1. The monoisotopic (exact) mass is 578 g/mol. The zero-order valence-corrected chi connectivity index (χ0v) is 27.1. The van der Waals surface area contributed by atoms with E-state index < -0.39 is 12.2 Å². The van der Waals surface area contributed by atoms with Crippen LogP contribution in [0.4, 0.5) is 15.3 Å². The summed E-state index contributed by atoms with van der Waals surface area (Å²) in [6, 6.07) is 12.2. The summed E-state index contributed by atoms with van der Waals surface area (Å²) in [4.78, 5) is 27.9. The van der Waals surface area contributed by atoms with Gasteiger partial charge in [-0.15, -0.1) is 0 Å². The maximum absolute atomic E-state index is 13.2. The van der Waals surface area contributed by atoms with Gasteiger partial charge in [-0.05, 0) is 78.0 Å². The number of benzene rings is 2. The molecule has 0 aromatic heterocycles. The SMILES string of the molecule is CCCc1cccc(CCC)c1OC(=O)NCC1(C)CC(N(C(=O)O)c2c(CCC)cccc2CCC)CC(C)(C)C1. The third kappa shape index (κ3) is 8.52. The Labute approximate surface area is 254 Å². The maximum Gasteiger partial charge on any atom is 0.412 e. The summed E-state index contributed by atoms with van der Waals surface area (Å²) in [7, 11) is 0. The molecule has 0 bridgehead atoms. The molecule has 1 aliphatic rings. The van der Waals surface area contributed by atoms with Crippen molar-refractivity contribution in [1.82, 2.24) is 5.32 Å². The third-order valence-electron chi connectivity index (χ3n) is 8.55. The zero-order chi connectivity index (χ0) is 30.9. The number of hydrogen-bond acceptors (Lipinski definition) is 3. The zero-order valence-electron chi connectivity index (χ0n) is 27.1. The topological polar surface area (TPSA) is 78.9 Å². The summed E-state index contributed by atoms with van der Waals surface area (Å²) in [5, 5.41) is 13.7. The molecule has 2 aromatic carbocycles. The van der Waals surface area contributed by atoms with Gasteiger partial charge >= 0.3 is 12.2 Å². The Bertz CT molecular complexity index is 1160. The Morgan fingerprint density at radius 3 is 1.79 bits per heavy atom. The first-order valence-corrected chi connectivity index (χ1v) is 16.2. The Morgan fingerprint density at radius 2 is 1.31 bits per heavy atom. The van der Waals surface area contributed by atoms with Gasteiger partial charge in [-0.3, -0.25) is 4.90 Å². The normalized spacial score (nSPS) is 19.7. The predicted octanol–water partition coefficient (Wildman–Crippen LogP) is 9.35. The molecule has 2 unspecified atom stereocenters. The summed E-state index contributed by atoms with van der Waals surface area (Å²) in [6.45, 7) is 15.6. The average molecular weight is 579 g/mol. The highest BCUT2D eigenvalue weighted by Crippen LogP contribution is 2.48. The van der Waals surface area contributed by atoms with E-state index in [2.05, 4.69) is 72.0 Å². The van der Waals surface area contributed by atoms with Crippen LogP contribution in [0.1, 0.15) is 116 Å². The van der Waals surface area contributed by atoms with Crippen molar-refractivity contribution < 1.29 is 19.4 Å². The number of nitrogens with zero attached hydrogens (tertiary/aromatic N) is 1. The van der Waals surface area contributed by atoms with E-state index in [4.69, 9.17) is 4.74 Å². The molecule has 42 heavy (non-hydrogen) atoms. The molecule has 2 atom stereocenters. The highest BCUT2D eigenvalue weighted by molar-refractivity contribution is 5.89. The minimum absolute atomic E-state index is 0.0937. The molecule has 1 fully saturated rings. The molecule has 3 rings (SSSR count). The molecule has 0 radical (unpaired) electrons. The number of carbonyl (C=O) groups excluding carboxylic acids is 1. The van der Waals surface area contributed by atoms with Crippen LogP contribution in [0.25, 0.3) is 0 Å². The lowest BCUT2D eigenvalue weighted by molar-refractivity contribution is 0.0782. The van der Waals surface area contributed by atoms with E-state index in [0.717, 1.165) is 92.1 Å². The first-order valence-electron chi connectivity index (χ1n) is 16.2. The smallest absolute Gasteiger partial charge is 0.412 e. The lowest BCUT2D eigenvalue weighted by Gasteiger charge is -2.49. The second-order valence-electron chi connectivity index (χ2n) is 13.4. The molecular weight excluding hydrogens is 524 g/mol. The molecule has 6 nitrogen and oxygen atoms in total. The Hall–Kier alpha value is -3.02. The summed E-state index contributed by atoms with van der Waals surface area (Å²) < 4.78 is 5.98. The van der Waals surface area contributed by atoms with Crippen molar-refractivity contribution in [3.05, 3.63) is 58.7 Å². The largest absolute Gasteiger partial charge is 0.465 e. The van der Waals surface area contributed by atoms with Crippen LogP contribution < -0.4 is 15.0 Å². The van der Waals surface area contributed by atoms with Crippen molar-refractivity contribution in [3.63, 3.8) is 0 Å². The van der Waals surface area contributed by atoms with E-state index in [-0.39, 0.29) is 16.9 Å². The molecular formula is C36H54N2O4. The molecule has 232 valence electrons. The highest BCUT2D eigenvalue weighted by Gasteiger charge is 2.45. The molecule has 2 amide bonds. The summed E-state index contributed by atoms with van der Waals surface area (Å²) in [5.74, 6) is 0.693. The van der Waals surface area contributed by atoms with Crippen LogP contribution in [0.15, 0.2) is 36.4 Å². The second kappa shape index (κ2) is 14.9. The van der Waals surface area contributed by atoms with E-state index in [1.807, 2.05) is 18.2 Å². The lowest BCUT2D eigenvalue weighted by atomic mass is 9.62. The minimum atomic E-state index is -0.899. The van der Waals surface area contributed by atoms with Crippen LogP contribution in [-0.2, 0) is 25.7 Å². The molecule has 2 N–H and O–H groups in total. The number of nitrogens with one attached hydrogen (secondary N) is 1. The molecule has 0 spiro atoms. The van der Waals surface area contributed by atoms with Crippen LogP contribution in [0.2, 0.25) is 0 Å². The molecule has 0 saturated heterocycles. The summed E-state index contributed by atoms with van der Waals surface area (Å²) in [6.07, 6.45) is 8.26. The molecule has 0 aliphatic heterocycles. The molecule has 1 saturated carbocycles. The fourth-order valence-electron chi connectivity index (χ4n) is 7.34. The Morgan fingerprint density at radius 1 is 0.833 bits per heavy atom. The van der Waals surface area contributed by atoms with E-state index in [1.165, 1.54) is 0 Å². The van der Waals surface area contributed by atoms with Crippen molar-refractivity contribution in [2.24, 2.45) is 10.8 Å². The number of hydrogen-bond donors (Lipinski definition) is 2. The van der Waals surface area contributed by atoms with Gasteiger partial charge in [0.05, 0.1) is 5.69 Å². The van der Waals surface area contributed by atoms with E-state index >= 15 is 0 Å². The van der Waals surface area contributed by atoms with Crippen LogP contribution >= 0.6 is 0 Å². The second-order valence-corrected chi connectivity index (χ2v) is 13.4. The number of carboxylic acid groups (broad SMARTS) is 1. The minimum Gasteiger partial charge on any atom is -0.465 e. The Kier molecular flexibility index (Phi) is 11.9. The number of carbonyl (C=O) groups is 2. The van der Waals surface area contributed by atoms with Gasteiger partial charge in [0, 0.05) is 12.6 Å². The van der Waals surface area contributed by atoms with Gasteiger partial charge < -0.3 is 15.2 Å². The van der Waals surface area contributed by atoms with Crippen molar-refractivity contribution in [1.29, 1.82) is 0 Å². The first kappa shape index (κ1) is 33.5. The summed E-state index contributed by atoms with van der Waals surface area (Å²) >= 11 is 0. The van der Waals surface area contributed by atoms with Gasteiger partial charge in [-0.2, -0.15) is 0 Å². The number of amides is 2. The van der Waals surface area contributed by atoms with E-state index in [0.29, 0.717) is 18.7 Å². The first-order chi connectivity index (χ1) is 20.0. The quantitative estimate of drug-likeness (QED) is 0.248. The number of rotatable bonds is 13.